The van der Waals surface area contributed by atoms with Crippen LogP contribution in [0.5, 0.6) is 11.5 Å². The fraction of sp³-hybridized carbons (Fsp3) is 0.143. The molecule has 0 fully saturated rings. The largest absolute Gasteiger partial charge is 0.457 e. The number of alkyl halides is 1. The first-order valence-corrected chi connectivity index (χ1v) is 8.53. The maximum absolute atomic E-state index is 11.5. The summed E-state index contributed by atoms with van der Waals surface area (Å²) in [5.74, 6) is 1.14. The number of halogens is 2. The first kappa shape index (κ1) is 15.2. The number of sulfone groups is 1. The average Bonchev–Trinajstić information content (AvgIpc) is 2.38. The maximum Gasteiger partial charge on any atom is 0.175 e. The third-order valence-corrected chi connectivity index (χ3v) is 4.40. The van der Waals surface area contributed by atoms with Crippen LogP contribution in [0.3, 0.4) is 0 Å². The zero-order valence-corrected chi connectivity index (χ0v) is 13.0. The molecule has 0 aliphatic heterocycles. The van der Waals surface area contributed by atoms with Crippen molar-refractivity contribution in [3.8, 4) is 11.5 Å². The molecule has 0 spiro atoms. The lowest BCUT2D eigenvalue weighted by molar-refractivity contribution is 0.476. The van der Waals surface area contributed by atoms with Gasteiger partial charge in [-0.15, -0.1) is 11.6 Å². The minimum atomic E-state index is -3.27. The van der Waals surface area contributed by atoms with Crippen molar-refractivity contribution in [3.05, 3.63) is 53.1 Å². The molecule has 2 aromatic carbocycles. The second kappa shape index (κ2) is 6.04. The Kier molecular flexibility index (Phi) is 4.58. The van der Waals surface area contributed by atoms with Crippen LogP contribution < -0.4 is 4.74 Å². The molecule has 0 aliphatic carbocycles. The normalized spacial score (nSPS) is 11.3. The highest BCUT2D eigenvalue weighted by atomic mass is 35.5. The molecule has 3 nitrogen and oxygen atoms in total. The van der Waals surface area contributed by atoms with Crippen molar-refractivity contribution in [3.63, 3.8) is 0 Å². The molecule has 0 amide bonds. The number of rotatable bonds is 4. The molecule has 0 unspecified atom stereocenters. The van der Waals surface area contributed by atoms with Crippen molar-refractivity contribution >= 4 is 33.0 Å². The third-order valence-electron chi connectivity index (χ3n) is 2.67. The maximum atomic E-state index is 11.5. The molecule has 106 valence electrons. The Balaban J connectivity index is 2.38. The van der Waals surface area contributed by atoms with Crippen molar-refractivity contribution < 1.29 is 13.2 Å². The summed E-state index contributed by atoms with van der Waals surface area (Å²) in [5.41, 5.74) is 0.667. The Bertz CT molecular complexity index is 727. The van der Waals surface area contributed by atoms with E-state index in [0.717, 1.165) is 6.26 Å². The Hall–Kier alpha value is -1.23. The predicted octanol–water partition coefficient (Wildman–Crippen LogP) is 4.27. The van der Waals surface area contributed by atoms with Gasteiger partial charge in [0.15, 0.2) is 9.84 Å². The van der Waals surface area contributed by atoms with Gasteiger partial charge >= 0.3 is 0 Å². The highest BCUT2D eigenvalue weighted by molar-refractivity contribution is 7.90. The van der Waals surface area contributed by atoms with Gasteiger partial charge in [-0.2, -0.15) is 0 Å². The number of hydrogen-bond donors (Lipinski definition) is 0. The van der Waals surface area contributed by atoms with Crippen LogP contribution in [-0.2, 0) is 15.7 Å². The van der Waals surface area contributed by atoms with Crippen molar-refractivity contribution in [1.82, 2.24) is 0 Å². The van der Waals surface area contributed by atoms with Crippen LogP contribution in [0.2, 0.25) is 5.02 Å². The van der Waals surface area contributed by atoms with Crippen molar-refractivity contribution in [2.45, 2.75) is 10.8 Å². The molecule has 20 heavy (non-hydrogen) atoms. The molecule has 0 saturated heterocycles. The second-order valence-corrected chi connectivity index (χ2v) is 6.89. The molecule has 0 aliphatic rings. The van der Waals surface area contributed by atoms with Gasteiger partial charge in [-0.25, -0.2) is 8.42 Å². The summed E-state index contributed by atoms with van der Waals surface area (Å²) in [7, 11) is -3.27. The highest BCUT2D eigenvalue weighted by Gasteiger charge is 2.11. The van der Waals surface area contributed by atoms with Crippen LogP contribution in [0.1, 0.15) is 5.56 Å². The Morgan fingerprint density at radius 2 is 1.85 bits per heavy atom. The summed E-state index contributed by atoms with van der Waals surface area (Å²) in [6.45, 7) is 0. The summed E-state index contributed by atoms with van der Waals surface area (Å²) < 4.78 is 28.7. The molecule has 0 aromatic heterocycles. The lowest BCUT2D eigenvalue weighted by Crippen LogP contribution is -1.97. The topological polar surface area (TPSA) is 43.4 Å². The third kappa shape index (κ3) is 3.45. The average molecular weight is 331 g/mol. The van der Waals surface area contributed by atoms with Crippen LogP contribution in [0.25, 0.3) is 0 Å². The Labute approximate surface area is 128 Å². The monoisotopic (exact) mass is 330 g/mol. The van der Waals surface area contributed by atoms with Gasteiger partial charge < -0.3 is 4.74 Å². The van der Waals surface area contributed by atoms with Crippen molar-refractivity contribution in [2.75, 3.05) is 6.26 Å². The van der Waals surface area contributed by atoms with Crippen LogP contribution in [0, 0.1) is 0 Å². The summed E-state index contributed by atoms with van der Waals surface area (Å²) in [4.78, 5) is 0.199. The predicted molar refractivity (Wildman–Crippen MR) is 80.6 cm³/mol. The first-order valence-electron chi connectivity index (χ1n) is 5.73. The summed E-state index contributed by atoms with van der Waals surface area (Å²) in [5, 5.41) is 0.511. The zero-order valence-electron chi connectivity index (χ0n) is 10.6. The van der Waals surface area contributed by atoms with E-state index in [1.165, 1.54) is 12.1 Å². The quantitative estimate of drug-likeness (QED) is 0.786. The van der Waals surface area contributed by atoms with Gasteiger partial charge in [-0.1, -0.05) is 23.7 Å². The molecular formula is C14H12Cl2O3S. The standard InChI is InChI=1S/C14H12Cl2O3S/c1-20(17,18)11-5-2-4-10(8-11)19-14-7-3-6-13(16)12(14)9-15/h2-8H,9H2,1H3. The van der Waals surface area contributed by atoms with Gasteiger partial charge in [-0.05, 0) is 30.3 Å². The molecule has 0 heterocycles. The molecule has 6 heteroatoms. The van der Waals surface area contributed by atoms with E-state index in [9.17, 15) is 8.42 Å². The lowest BCUT2D eigenvalue weighted by atomic mass is 10.2. The van der Waals surface area contributed by atoms with E-state index in [1.54, 1.807) is 30.3 Å². The van der Waals surface area contributed by atoms with Crippen LogP contribution in [0.15, 0.2) is 47.4 Å². The summed E-state index contributed by atoms with van der Waals surface area (Å²) >= 11 is 11.9. The summed E-state index contributed by atoms with van der Waals surface area (Å²) in [6.07, 6.45) is 1.15. The van der Waals surface area contributed by atoms with E-state index in [2.05, 4.69) is 0 Å². The molecule has 0 radical (unpaired) electrons. The van der Waals surface area contributed by atoms with E-state index in [0.29, 0.717) is 22.1 Å². The van der Waals surface area contributed by atoms with Crippen LogP contribution in [0.4, 0.5) is 0 Å². The first-order chi connectivity index (χ1) is 9.41. The van der Waals surface area contributed by atoms with Crippen molar-refractivity contribution in [1.29, 1.82) is 0 Å². The summed E-state index contributed by atoms with van der Waals surface area (Å²) in [6, 6.07) is 11.5. The van der Waals surface area contributed by atoms with E-state index in [4.69, 9.17) is 27.9 Å². The molecule has 2 aromatic rings. The molecular weight excluding hydrogens is 319 g/mol. The van der Waals surface area contributed by atoms with E-state index in [1.807, 2.05) is 0 Å². The van der Waals surface area contributed by atoms with Gasteiger partial charge in [0.25, 0.3) is 0 Å². The van der Waals surface area contributed by atoms with E-state index >= 15 is 0 Å². The molecule has 0 saturated carbocycles. The van der Waals surface area contributed by atoms with E-state index < -0.39 is 9.84 Å². The fourth-order valence-electron chi connectivity index (χ4n) is 1.66. The zero-order chi connectivity index (χ0) is 14.8. The number of benzene rings is 2. The molecule has 0 bridgehead atoms. The van der Waals surface area contributed by atoms with Gasteiger partial charge in [0.1, 0.15) is 11.5 Å². The van der Waals surface area contributed by atoms with Gasteiger partial charge in [0.2, 0.25) is 0 Å². The number of hydrogen-bond acceptors (Lipinski definition) is 3. The molecule has 0 N–H and O–H groups in total. The van der Waals surface area contributed by atoms with Crippen molar-refractivity contribution in [2.24, 2.45) is 0 Å². The Morgan fingerprint density at radius 3 is 2.50 bits per heavy atom. The fourth-order valence-corrected chi connectivity index (χ4v) is 2.89. The van der Waals surface area contributed by atoms with Gasteiger partial charge in [-0.3, -0.25) is 0 Å². The molecule has 2 rings (SSSR count). The lowest BCUT2D eigenvalue weighted by Gasteiger charge is -2.11. The minimum absolute atomic E-state index is 0.199. The molecule has 0 atom stereocenters. The van der Waals surface area contributed by atoms with Crippen LogP contribution >= 0.6 is 23.2 Å². The van der Waals surface area contributed by atoms with Gasteiger partial charge in [0, 0.05) is 16.8 Å². The Morgan fingerprint density at radius 1 is 1.15 bits per heavy atom. The van der Waals surface area contributed by atoms with Gasteiger partial charge in [0.05, 0.1) is 10.8 Å². The highest BCUT2D eigenvalue weighted by Crippen LogP contribution is 2.32. The smallest absolute Gasteiger partial charge is 0.175 e. The SMILES string of the molecule is CS(=O)(=O)c1cccc(Oc2cccc(Cl)c2CCl)c1. The van der Waals surface area contributed by atoms with Crippen LogP contribution in [-0.4, -0.2) is 14.7 Å². The van der Waals surface area contributed by atoms with E-state index in [-0.39, 0.29) is 10.8 Å². The second-order valence-electron chi connectivity index (χ2n) is 4.20. The number of ether oxygens (including phenoxy) is 1. The minimum Gasteiger partial charge on any atom is -0.457 e.